The monoisotopic (exact) mass is 535 g/mol. The molecule has 3 heterocycles. The Morgan fingerprint density at radius 1 is 0.744 bits per heavy atom. The predicted molar refractivity (Wildman–Crippen MR) is 166 cm³/mol. The van der Waals surface area contributed by atoms with Crippen LogP contribution in [0.5, 0.6) is 0 Å². The lowest BCUT2D eigenvalue weighted by Crippen LogP contribution is -2.15. The lowest BCUT2D eigenvalue weighted by molar-refractivity contribution is 0.802. The highest BCUT2D eigenvalue weighted by molar-refractivity contribution is 8.03. The van der Waals surface area contributed by atoms with Gasteiger partial charge in [-0.3, -0.25) is 0 Å². The highest BCUT2D eigenvalue weighted by Gasteiger charge is 2.38. The number of thioether (sulfide) groups is 2. The molecule has 0 saturated heterocycles. The summed E-state index contributed by atoms with van der Waals surface area (Å²) < 4.78 is 2.43. The van der Waals surface area contributed by atoms with E-state index in [0.29, 0.717) is 17.1 Å². The summed E-state index contributed by atoms with van der Waals surface area (Å²) in [5.41, 5.74) is 9.64. The Kier molecular flexibility index (Phi) is 4.79. The van der Waals surface area contributed by atoms with Crippen molar-refractivity contribution in [3.63, 3.8) is 0 Å². The van der Waals surface area contributed by atoms with Gasteiger partial charge in [-0.1, -0.05) is 96.7 Å². The lowest BCUT2D eigenvalue weighted by atomic mass is 9.78. The largest absolute Gasteiger partial charge is 0.309 e. The van der Waals surface area contributed by atoms with Crippen LogP contribution in [0.4, 0.5) is 0 Å². The maximum atomic E-state index is 2.50. The van der Waals surface area contributed by atoms with E-state index in [1.807, 2.05) is 23.5 Å². The van der Waals surface area contributed by atoms with Gasteiger partial charge in [0.2, 0.25) is 0 Å². The Morgan fingerprint density at radius 2 is 1.51 bits per heavy atom. The van der Waals surface area contributed by atoms with E-state index in [0.717, 1.165) is 6.42 Å². The zero-order valence-electron chi connectivity index (χ0n) is 21.2. The topological polar surface area (TPSA) is 4.93 Å². The molecule has 4 aromatic carbocycles. The second-order valence-corrected chi connectivity index (χ2v) is 13.1. The van der Waals surface area contributed by atoms with Gasteiger partial charge in [0.25, 0.3) is 0 Å². The molecule has 5 aromatic rings. The molecular weight excluding hydrogens is 511 g/mol. The van der Waals surface area contributed by atoms with Crippen LogP contribution in [0.2, 0.25) is 0 Å². The molecule has 0 radical (unpaired) electrons. The van der Waals surface area contributed by atoms with Crippen molar-refractivity contribution in [2.24, 2.45) is 0 Å². The van der Waals surface area contributed by atoms with Crippen LogP contribution in [0, 0.1) is 0 Å². The molecule has 3 unspecified atom stereocenters. The molecule has 0 spiro atoms. The third kappa shape index (κ3) is 3.24. The van der Waals surface area contributed by atoms with Crippen molar-refractivity contribution in [1.29, 1.82) is 0 Å². The van der Waals surface area contributed by atoms with Gasteiger partial charge in [-0.25, -0.2) is 0 Å². The Labute approximate surface area is 236 Å². The van der Waals surface area contributed by atoms with E-state index < -0.39 is 0 Å². The SMILES string of the molecule is C1=CC2Sc3ccccc3C2C(C2=CCC3C(=C2)Sc2cc(-n4c5ccccc5c5ccccc54)ccc23)=C1. The molecule has 0 amide bonds. The molecular formula is C36H25NS2. The first kappa shape index (κ1) is 22.2. The van der Waals surface area contributed by atoms with Crippen LogP contribution in [-0.4, -0.2) is 9.82 Å². The Morgan fingerprint density at radius 3 is 2.36 bits per heavy atom. The van der Waals surface area contributed by atoms with E-state index in [2.05, 4.69) is 126 Å². The molecule has 0 saturated carbocycles. The summed E-state index contributed by atoms with van der Waals surface area (Å²) in [7, 11) is 0. The molecule has 0 fully saturated rings. The molecule has 3 heteroatoms. The van der Waals surface area contributed by atoms with Gasteiger partial charge in [0.1, 0.15) is 0 Å². The molecule has 4 aliphatic rings. The third-order valence-corrected chi connectivity index (χ3v) is 11.3. The smallest absolute Gasteiger partial charge is 0.0541 e. The van der Waals surface area contributed by atoms with Crippen molar-refractivity contribution in [1.82, 2.24) is 4.57 Å². The summed E-state index contributed by atoms with van der Waals surface area (Å²) in [5.74, 6) is 0.924. The average Bonchev–Trinajstić information content (AvgIpc) is 3.65. The molecule has 2 aliphatic heterocycles. The first-order valence-electron chi connectivity index (χ1n) is 13.7. The number of allylic oxidation sites excluding steroid dienone is 7. The van der Waals surface area contributed by atoms with Gasteiger partial charge in [-0.2, -0.15) is 0 Å². The molecule has 0 N–H and O–H groups in total. The fourth-order valence-corrected chi connectivity index (χ4v) is 9.69. The molecule has 1 aromatic heterocycles. The normalized spacial score (nSPS) is 22.7. The number of hydrogen-bond acceptors (Lipinski definition) is 2. The second kappa shape index (κ2) is 8.42. The van der Waals surface area contributed by atoms with Crippen LogP contribution in [0.15, 0.2) is 147 Å². The van der Waals surface area contributed by atoms with Crippen molar-refractivity contribution in [2.45, 2.75) is 33.3 Å². The van der Waals surface area contributed by atoms with E-state index in [4.69, 9.17) is 0 Å². The van der Waals surface area contributed by atoms with E-state index in [1.165, 1.54) is 64.5 Å². The molecule has 0 bridgehead atoms. The standard InChI is InChI=1S/C36H25NS2/c1-4-12-30-25(8-1)26-9-2-5-13-31(26)37(30)23-17-19-28-27-18-16-22(20-34(27)39-35(28)21-23)24-11-7-15-33-36(24)29-10-3-6-14-32(29)38-33/h1-17,19-21,27,33,36H,18H2. The fourth-order valence-electron chi connectivity index (χ4n) is 7.00. The minimum atomic E-state index is 0.450. The molecule has 1 nitrogen and oxygen atoms in total. The molecule has 39 heavy (non-hydrogen) atoms. The molecule has 2 aliphatic carbocycles. The molecule has 9 rings (SSSR count). The highest BCUT2D eigenvalue weighted by atomic mass is 32.2. The van der Waals surface area contributed by atoms with Crippen LogP contribution in [0.25, 0.3) is 27.5 Å². The Bertz CT molecular complexity index is 1910. The van der Waals surface area contributed by atoms with Gasteiger partial charge in [0, 0.05) is 43.3 Å². The number of rotatable bonds is 2. The van der Waals surface area contributed by atoms with Crippen LogP contribution in [-0.2, 0) is 0 Å². The minimum Gasteiger partial charge on any atom is -0.309 e. The summed E-state index contributed by atoms with van der Waals surface area (Å²) in [6.07, 6.45) is 13.1. The van der Waals surface area contributed by atoms with Crippen molar-refractivity contribution in [3.8, 4) is 5.69 Å². The van der Waals surface area contributed by atoms with E-state index in [-0.39, 0.29) is 0 Å². The summed E-state index contributed by atoms with van der Waals surface area (Å²) in [6.45, 7) is 0. The maximum absolute atomic E-state index is 2.50. The summed E-state index contributed by atoms with van der Waals surface area (Å²) in [5, 5.41) is 3.12. The summed E-state index contributed by atoms with van der Waals surface area (Å²) in [4.78, 5) is 4.33. The van der Waals surface area contributed by atoms with Gasteiger partial charge in [0.05, 0.1) is 11.0 Å². The number of para-hydroxylation sites is 2. The summed E-state index contributed by atoms with van der Waals surface area (Å²) in [6, 6.07) is 33.6. The summed E-state index contributed by atoms with van der Waals surface area (Å²) >= 11 is 3.99. The van der Waals surface area contributed by atoms with Crippen molar-refractivity contribution >= 4 is 45.3 Å². The minimum absolute atomic E-state index is 0.450. The van der Waals surface area contributed by atoms with E-state index >= 15 is 0 Å². The molecule has 186 valence electrons. The fraction of sp³-hybridized carbons (Fsp3) is 0.111. The van der Waals surface area contributed by atoms with E-state index in [9.17, 15) is 0 Å². The lowest BCUT2D eigenvalue weighted by Gasteiger charge is -2.27. The Hall–Kier alpha value is -3.66. The zero-order chi connectivity index (χ0) is 25.5. The van der Waals surface area contributed by atoms with Gasteiger partial charge in [-0.15, -0.1) is 11.8 Å². The quantitative estimate of drug-likeness (QED) is 0.222. The number of nitrogens with zero attached hydrogens (tertiary/aromatic N) is 1. The highest BCUT2D eigenvalue weighted by Crippen LogP contribution is 2.56. The number of hydrogen-bond donors (Lipinski definition) is 0. The van der Waals surface area contributed by atoms with E-state index in [1.54, 1.807) is 0 Å². The van der Waals surface area contributed by atoms with Gasteiger partial charge < -0.3 is 4.57 Å². The van der Waals surface area contributed by atoms with Gasteiger partial charge in [-0.05, 0) is 70.0 Å². The number of fused-ring (bicyclic) bond motifs is 9. The first-order valence-corrected chi connectivity index (χ1v) is 15.4. The van der Waals surface area contributed by atoms with Crippen LogP contribution >= 0.6 is 23.5 Å². The average molecular weight is 536 g/mol. The van der Waals surface area contributed by atoms with Gasteiger partial charge in [0.15, 0.2) is 0 Å². The van der Waals surface area contributed by atoms with Crippen LogP contribution in [0.3, 0.4) is 0 Å². The first-order chi connectivity index (χ1) is 19.3. The zero-order valence-corrected chi connectivity index (χ0v) is 22.9. The van der Waals surface area contributed by atoms with Gasteiger partial charge >= 0.3 is 0 Å². The maximum Gasteiger partial charge on any atom is 0.0541 e. The predicted octanol–water partition coefficient (Wildman–Crippen LogP) is 9.94. The van der Waals surface area contributed by atoms with Crippen molar-refractivity contribution in [3.05, 3.63) is 149 Å². The van der Waals surface area contributed by atoms with Crippen LogP contribution < -0.4 is 0 Å². The Balaban J connectivity index is 1.09. The van der Waals surface area contributed by atoms with Crippen LogP contribution in [0.1, 0.15) is 29.4 Å². The third-order valence-electron chi connectivity index (χ3n) is 8.74. The molecule has 3 atom stereocenters. The van der Waals surface area contributed by atoms with Crippen molar-refractivity contribution < 1.29 is 0 Å². The number of benzene rings is 4. The van der Waals surface area contributed by atoms with Crippen molar-refractivity contribution in [2.75, 3.05) is 0 Å². The number of aromatic nitrogens is 1. The second-order valence-electron chi connectivity index (χ2n) is 10.8.